The van der Waals surface area contributed by atoms with E-state index in [4.69, 9.17) is 21.1 Å². The Bertz CT molecular complexity index is 391. The second-order valence-corrected chi connectivity index (χ2v) is 5.22. The Labute approximate surface area is 119 Å². The van der Waals surface area contributed by atoms with Crippen LogP contribution in [0.2, 0.25) is 5.02 Å². The van der Waals surface area contributed by atoms with Crippen LogP contribution in [-0.4, -0.2) is 43.8 Å². The van der Waals surface area contributed by atoms with Gasteiger partial charge in [-0.15, -0.1) is 0 Å². The van der Waals surface area contributed by atoms with Crippen molar-refractivity contribution in [1.29, 1.82) is 0 Å². The molecule has 108 valence electrons. The number of ether oxygens (including phenoxy) is 2. The van der Waals surface area contributed by atoms with Gasteiger partial charge < -0.3 is 14.8 Å². The molecule has 1 aromatic heterocycles. The Morgan fingerprint density at radius 1 is 1.58 bits per heavy atom. The van der Waals surface area contributed by atoms with E-state index in [1.54, 1.807) is 13.3 Å². The van der Waals surface area contributed by atoms with Crippen molar-refractivity contribution in [2.45, 2.75) is 25.4 Å². The van der Waals surface area contributed by atoms with Gasteiger partial charge in [0.15, 0.2) is 0 Å². The molecule has 2 rings (SSSR count). The molecule has 1 fully saturated rings. The maximum atomic E-state index is 6.32. The van der Waals surface area contributed by atoms with Crippen LogP contribution in [0.3, 0.4) is 0 Å². The molecule has 0 amide bonds. The summed E-state index contributed by atoms with van der Waals surface area (Å²) in [5, 5.41) is 8.46. The van der Waals surface area contributed by atoms with E-state index in [0.717, 1.165) is 43.3 Å². The maximum absolute atomic E-state index is 6.32. The molecule has 5 nitrogen and oxygen atoms in total. The van der Waals surface area contributed by atoms with Crippen molar-refractivity contribution in [2.75, 3.05) is 34.0 Å². The number of rotatable bonds is 6. The molecule has 0 aromatic carbocycles. The Kier molecular flexibility index (Phi) is 5.63. The quantitative estimate of drug-likeness (QED) is 0.868. The van der Waals surface area contributed by atoms with Gasteiger partial charge in [0.05, 0.1) is 36.1 Å². The first kappa shape index (κ1) is 14.8. The second-order valence-electron chi connectivity index (χ2n) is 4.81. The van der Waals surface area contributed by atoms with E-state index in [1.165, 1.54) is 0 Å². The van der Waals surface area contributed by atoms with Crippen LogP contribution in [-0.2, 0) is 16.0 Å². The number of hydrogen-bond acceptors (Lipinski definition) is 4. The summed E-state index contributed by atoms with van der Waals surface area (Å²) in [7, 11) is 3.67. The molecular weight excluding hydrogens is 266 g/mol. The normalized spacial score (nSPS) is 18.7. The van der Waals surface area contributed by atoms with Crippen LogP contribution >= 0.6 is 11.6 Å². The molecule has 0 aliphatic carbocycles. The Morgan fingerprint density at radius 2 is 2.32 bits per heavy atom. The van der Waals surface area contributed by atoms with E-state index >= 15 is 0 Å². The van der Waals surface area contributed by atoms with Gasteiger partial charge in [-0.1, -0.05) is 11.6 Å². The summed E-state index contributed by atoms with van der Waals surface area (Å²) < 4.78 is 12.5. The first-order chi connectivity index (χ1) is 9.27. The van der Waals surface area contributed by atoms with Crippen LogP contribution < -0.4 is 5.32 Å². The van der Waals surface area contributed by atoms with Gasteiger partial charge in [0, 0.05) is 20.3 Å². The van der Waals surface area contributed by atoms with Gasteiger partial charge in [-0.2, -0.15) is 5.10 Å². The molecule has 1 N–H and O–H groups in total. The summed E-state index contributed by atoms with van der Waals surface area (Å²) >= 11 is 6.32. The molecule has 0 bridgehead atoms. The van der Waals surface area contributed by atoms with Crippen LogP contribution in [0.25, 0.3) is 0 Å². The fourth-order valence-corrected chi connectivity index (χ4v) is 2.94. The van der Waals surface area contributed by atoms with E-state index in [0.29, 0.717) is 12.5 Å². The van der Waals surface area contributed by atoms with Gasteiger partial charge in [-0.25, -0.2) is 0 Å². The summed E-state index contributed by atoms with van der Waals surface area (Å²) in [5.74, 6) is 0.536. The van der Waals surface area contributed by atoms with Gasteiger partial charge in [0.1, 0.15) is 0 Å². The second kappa shape index (κ2) is 7.24. The highest BCUT2D eigenvalue weighted by Gasteiger charge is 2.28. The molecule has 1 aliphatic rings. The average molecular weight is 288 g/mol. The maximum Gasteiger partial charge on any atom is 0.0834 e. The highest BCUT2D eigenvalue weighted by Crippen LogP contribution is 2.33. The number of nitrogens with zero attached hydrogens (tertiary/aromatic N) is 2. The Balaban J connectivity index is 2.18. The van der Waals surface area contributed by atoms with Gasteiger partial charge in [-0.3, -0.25) is 4.68 Å². The standard InChI is InChI=1S/C13H22ClN3O2/c1-15-12(10-3-6-19-7-4-10)13-11(14)9-16-17(13)5-8-18-2/h9-10,12,15H,3-8H2,1-2H3. The Morgan fingerprint density at radius 3 is 2.95 bits per heavy atom. The lowest BCUT2D eigenvalue weighted by Gasteiger charge is -2.30. The number of methoxy groups -OCH3 is 1. The van der Waals surface area contributed by atoms with Gasteiger partial charge in [0.2, 0.25) is 0 Å². The first-order valence-electron chi connectivity index (χ1n) is 6.73. The summed E-state index contributed by atoms with van der Waals surface area (Å²) in [4.78, 5) is 0. The molecule has 0 saturated carbocycles. The van der Waals surface area contributed by atoms with Crippen molar-refractivity contribution in [2.24, 2.45) is 5.92 Å². The third-order valence-corrected chi connectivity index (χ3v) is 3.97. The zero-order chi connectivity index (χ0) is 13.7. The van der Waals surface area contributed by atoms with Crippen molar-refractivity contribution < 1.29 is 9.47 Å². The van der Waals surface area contributed by atoms with E-state index in [2.05, 4.69) is 10.4 Å². The zero-order valence-electron chi connectivity index (χ0n) is 11.6. The lowest BCUT2D eigenvalue weighted by Crippen LogP contribution is -2.32. The highest BCUT2D eigenvalue weighted by atomic mass is 35.5. The van der Waals surface area contributed by atoms with Crippen LogP contribution in [0.5, 0.6) is 0 Å². The summed E-state index contributed by atoms with van der Waals surface area (Å²) in [6, 6.07) is 0.218. The fourth-order valence-electron chi connectivity index (χ4n) is 2.68. The molecule has 1 aliphatic heterocycles. The van der Waals surface area contributed by atoms with E-state index < -0.39 is 0 Å². The lowest BCUT2D eigenvalue weighted by molar-refractivity contribution is 0.0532. The molecule has 1 unspecified atom stereocenters. The topological polar surface area (TPSA) is 48.3 Å². The van der Waals surface area contributed by atoms with Crippen LogP contribution in [0.4, 0.5) is 0 Å². The number of aromatic nitrogens is 2. The third-order valence-electron chi connectivity index (χ3n) is 3.68. The lowest BCUT2D eigenvalue weighted by atomic mass is 9.89. The molecule has 6 heteroatoms. The van der Waals surface area contributed by atoms with Gasteiger partial charge in [0.25, 0.3) is 0 Å². The predicted molar refractivity (Wildman–Crippen MR) is 74.5 cm³/mol. The fraction of sp³-hybridized carbons (Fsp3) is 0.769. The summed E-state index contributed by atoms with van der Waals surface area (Å²) in [6.07, 6.45) is 3.82. The van der Waals surface area contributed by atoms with Gasteiger partial charge >= 0.3 is 0 Å². The largest absolute Gasteiger partial charge is 0.383 e. The molecule has 1 aromatic rings. The van der Waals surface area contributed by atoms with E-state index in [-0.39, 0.29) is 6.04 Å². The van der Waals surface area contributed by atoms with Crippen LogP contribution in [0.1, 0.15) is 24.6 Å². The summed E-state index contributed by atoms with van der Waals surface area (Å²) in [6.45, 7) is 3.01. The van der Waals surface area contributed by atoms with Crippen molar-refractivity contribution in [3.05, 3.63) is 16.9 Å². The minimum Gasteiger partial charge on any atom is -0.383 e. The SMILES string of the molecule is CNC(c1c(Cl)cnn1CCOC)C1CCOCC1. The molecule has 19 heavy (non-hydrogen) atoms. The third kappa shape index (κ3) is 3.48. The van der Waals surface area contributed by atoms with Crippen molar-refractivity contribution in [3.63, 3.8) is 0 Å². The van der Waals surface area contributed by atoms with Crippen LogP contribution in [0, 0.1) is 5.92 Å². The minimum atomic E-state index is 0.218. The summed E-state index contributed by atoms with van der Waals surface area (Å²) in [5.41, 5.74) is 1.06. The molecule has 0 spiro atoms. The highest BCUT2D eigenvalue weighted by molar-refractivity contribution is 6.31. The number of hydrogen-bond donors (Lipinski definition) is 1. The van der Waals surface area contributed by atoms with Crippen molar-refractivity contribution in [3.8, 4) is 0 Å². The first-order valence-corrected chi connectivity index (χ1v) is 7.11. The molecule has 0 radical (unpaired) electrons. The van der Waals surface area contributed by atoms with Crippen LogP contribution in [0.15, 0.2) is 6.20 Å². The smallest absolute Gasteiger partial charge is 0.0834 e. The van der Waals surface area contributed by atoms with Crippen molar-refractivity contribution in [1.82, 2.24) is 15.1 Å². The van der Waals surface area contributed by atoms with E-state index in [1.807, 2.05) is 11.7 Å². The molecular formula is C13H22ClN3O2. The Hall–Kier alpha value is -0.620. The van der Waals surface area contributed by atoms with Gasteiger partial charge in [-0.05, 0) is 25.8 Å². The predicted octanol–water partition coefficient (Wildman–Crippen LogP) is 1.87. The number of nitrogens with one attached hydrogen (secondary N) is 1. The van der Waals surface area contributed by atoms with E-state index in [9.17, 15) is 0 Å². The van der Waals surface area contributed by atoms with Crippen molar-refractivity contribution >= 4 is 11.6 Å². The molecule has 2 heterocycles. The monoisotopic (exact) mass is 287 g/mol. The average Bonchev–Trinajstić information content (AvgIpc) is 2.80. The zero-order valence-corrected chi connectivity index (χ0v) is 12.3. The number of halogens is 1. The minimum absolute atomic E-state index is 0.218. The molecule has 1 saturated heterocycles. The molecule has 1 atom stereocenters.